The van der Waals surface area contributed by atoms with Gasteiger partial charge in [-0.05, 0) is 86.2 Å². The first-order chi connectivity index (χ1) is 20.5. The fourth-order valence-corrected chi connectivity index (χ4v) is 12.3. The van der Waals surface area contributed by atoms with E-state index in [1.54, 1.807) is 0 Å². The lowest BCUT2D eigenvalue weighted by Crippen LogP contribution is -2.63. The van der Waals surface area contributed by atoms with E-state index in [1.165, 1.54) is 32.5 Å². The van der Waals surface area contributed by atoms with Crippen molar-refractivity contribution >= 4 is 56.3 Å². The molecule has 10 heteroatoms. The quantitative estimate of drug-likeness (QED) is 0.378. The average Bonchev–Trinajstić information content (AvgIpc) is 3.67. The second-order valence-electron chi connectivity index (χ2n) is 12.8. The van der Waals surface area contributed by atoms with Crippen LogP contribution in [0.4, 0.5) is 10.0 Å². The zero-order valence-corrected chi connectivity index (χ0v) is 24.3. The topological polar surface area (TPSA) is 122 Å². The molecule has 8 nitrogen and oxygen atoms in total. The van der Waals surface area contributed by atoms with Gasteiger partial charge in [-0.25, -0.2) is 9.80 Å². The van der Waals surface area contributed by atoms with Gasteiger partial charge in [-0.3, -0.25) is 19.2 Å². The van der Waals surface area contributed by atoms with Gasteiger partial charge in [0.25, 0.3) is 0 Å². The van der Waals surface area contributed by atoms with Crippen LogP contribution in [0.5, 0.6) is 0 Å². The van der Waals surface area contributed by atoms with Crippen LogP contribution in [-0.4, -0.2) is 23.6 Å². The highest BCUT2D eigenvalue weighted by molar-refractivity contribution is 7.17. The van der Waals surface area contributed by atoms with Crippen molar-refractivity contribution in [2.75, 3.05) is 9.80 Å². The Morgan fingerprint density at radius 1 is 0.595 bits per heavy atom. The minimum Gasteiger partial charge on any atom is -0.274 e. The number of nitrogens with zero attached hydrogens (tertiary/aromatic N) is 4. The molecule has 0 N–H and O–H groups in total. The molecule has 42 heavy (non-hydrogen) atoms. The number of imide groups is 2. The molecule has 2 saturated heterocycles. The number of nitriles is 2. The number of anilines is 2. The normalized spacial score (nSPS) is 35.3. The van der Waals surface area contributed by atoms with Gasteiger partial charge in [-0.1, -0.05) is 12.2 Å². The van der Waals surface area contributed by atoms with Crippen molar-refractivity contribution in [3.63, 3.8) is 0 Å². The summed E-state index contributed by atoms with van der Waals surface area (Å²) >= 11 is 2.82. The minimum absolute atomic E-state index is 0.184. The van der Waals surface area contributed by atoms with Crippen LogP contribution in [0.2, 0.25) is 0 Å². The smallest absolute Gasteiger partial charge is 0.239 e. The van der Waals surface area contributed by atoms with Crippen LogP contribution < -0.4 is 9.80 Å². The average molecular weight is 595 g/mol. The van der Waals surface area contributed by atoms with E-state index >= 15 is 0 Å². The molecule has 0 aromatic carbocycles. The molecule has 0 unspecified atom stereocenters. The standard InChI is InChI=1S/C32H26N4O4S2/c33-11-17-13-5-1-3-7-19(13)41-31(17)35-27(37)23-15-9-10-16(24(23)28(35)38)22-21(15)25-26(22)30(40)36(29(25)39)32-18(12-34)14-6-2-4-8-20(14)42-32/h9-10,15-16,21-26H,1-8H2/t15-,16+,21-,22-,23+,24-,25+,26-/m0/s1. The zero-order valence-electron chi connectivity index (χ0n) is 22.7. The summed E-state index contributed by atoms with van der Waals surface area (Å²) in [7, 11) is 0. The van der Waals surface area contributed by atoms with E-state index in [9.17, 15) is 29.7 Å². The fourth-order valence-electron chi connectivity index (χ4n) is 9.65. The Morgan fingerprint density at radius 3 is 1.38 bits per heavy atom. The lowest BCUT2D eigenvalue weighted by atomic mass is 9.40. The van der Waals surface area contributed by atoms with Crippen LogP contribution in [0.15, 0.2) is 12.2 Å². The predicted molar refractivity (Wildman–Crippen MR) is 153 cm³/mol. The number of fused-ring (bicyclic) bond motifs is 3. The second-order valence-corrected chi connectivity index (χ2v) is 15.0. The van der Waals surface area contributed by atoms with Crippen LogP contribution in [0, 0.1) is 70.0 Å². The third-order valence-electron chi connectivity index (χ3n) is 11.3. The molecule has 8 atom stereocenters. The van der Waals surface area contributed by atoms with E-state index in [2.05, 4.69) is 12.1 Å². The number of hydrogen-bond donors (Lipinski definition) is 0. The number of aryl methyl sites for hydroxylation is 2. The largest absolute Gasteiger partial charge is 0.274 e. The number of hydrogen-bond acceptors (Lipinski definition) is 8. The summed E-state index contributed by atoms with van der Waals surface area (Å²) in [6, 6.07) is 4.59. The van der Waals surface area contributed by atoms with Crippen molar-refractivity contribution in [3.8, 4) is 12.1 Å². The molecule has 2 bridgehead atoms. The SMILES string of the molecule is N#Cc1c(N2C(=O)[C@@H]3[C@H]4C=C[C@@H]([C@@H]3C2=O)[C@@H]2[C@@H]3C(=O)N(c5sc6c(c5C#N)CCCC6)C(=O)[C@@H]3[C@@H]42)sc2c1CCCC2. The molecule has 2 saturated carbocycles. The number of rotatable bonds is 2. The molecule has 0 spiro atoms. The maximum atomic E-state index is 14.1. The molecule has 8 aliphatic rings. The zero-order chi connectivity index (χ0) is 28.6. The van der Waals surface area contributed by atoms with Gasteiger partial charge in [0.15, 0.2) is 0 Å². The van der Waals surface area contributed by atoms with Crippen molar-refractivity contribution in [1.29, 1.82) is 10.5 Å². The molecule has 10 rings (SSSR count). The molecule has 210 valence electrons. The summed E-state index contributed by atoms with van der Waals surface area (Å²) < 4.78 is 0. The van der Waals surface area contributed by atoms with Gasteiger partial charge in [0.05, 0.1) is 34.8 Å². The maximum Gasteiger partial charge on any atom is 0.239 e. The van der Waals surface area contributed by atoms with Crippen LogP contribution in [0.1, 0.15) is 57.7 Å². The van der Waals surface area contributed by atoms with Crippen molar-refractivity contribution < 1.29 is 19.2 Å². The van der Waals surface area contributed by atoms with Crippen LogP contribution in [-0.2, 0) is 44.9 Å². The highest BCUT2D eigenvalue weighted by atomic mass is 32.1. The molecule has 6 aliphatic carbocycles. The first-order valence-corrected chi connectivity index (χ1v) is 16.6. The van der Waals surface area contributed by atoms with Crippen molar-refractivity contribution in [3.05, 3.63) is 44.2 Å². The molecule has 0 radical (unpaired) electrons. The van der Waals surface area contributed by atoms with Crippen molar-refractivity contribution in [1.82, 2.24) is 0 Å². The molecule has 2 aromatic rings. The Balaban J connectivity index is 1.08. The Bertz CT molecular complexity index is 1730. The third kappa shape index (κ3) is 2.81. The van der Waals surface area contributed by atoms with Gasteiger partial charge >= 0.3 is 0 Å². The van der Waals surface area contributed by atoms with Gasteiger partial charge in [0.2, 0.25) is 23.6 Å². The Labute approximate surface area is 250 Å². The molecule has 4 amide bonds. The summed E-state index contributed by atoms with van der Waals surface area (Å²) in [5.74, 6) is -4.28. The van der Waals surface area contributed by atoms with Crippen LogP contribution in [0.3, 0.4) is 0 Å². The van der Waals surface area contributed by atoms with E-state index in [4.69, 9.17) is 0 Å². The molecular weight excluding hydrogens is 569 g/mol. The Kier molecular flexibility index (Phi) is 5.04. The molecule has 2 aromatic heterocycles. The Hall–Kier alpha value is -3.60. The lowest BCUT2D eigenvalue weighted by molar-refractivity contribution is -0.166. The van der Waals surface area contributed by atoms with E-state index < -0.39 is 23.7 Å². The first kappa shape index (κ1) is 24.9. The van der Waals surface area contributed by atoms with E-state index in [-0.39, 0.29) is 47.3 Å². The van der Waals surface area contributed by atoms with Crippen molar-refractivity contribution in [2.24, 2.45) is 47.3 Å². The summed E-state index contributed by atoms with van der Waals surface area (Å²) in [5, 5.41) is 21.0. The number of carbonyl (C=O) groups excluding carboxylic acids is 4. The van der Waals surface area contributed by atoms with E-state index in [1.807, 2.05) is 12.2 Å². The summed E-state index contributed by atoms with van der Waals surface area (Å²) in [6.45, 7) is 0. The number of allylic oxidation sites excluding steroid dienone is 2. The minimum atomic E-state index is -0.582. The van der Waals surface area contributed by atoms with Crippen molar-refractivity contribution in [2.45, 2.75) is 51.4 Å². The highest BCUT2D eigenvalue weighted by Gasteiger charge is 2.75. The number of carbonyl (C=O) groups is 4. The predicted octanol–water partition coefficient (Wildman–Crippen LogP) is 4.28. The summed E-state index contributed by atoms with van der Waals surface area (Å²) in [6.07, 6.45) is 11.4. The van der Waals surface area contributed by atoms with E-state index in [0.717, 1.165) is 72.2 Å². The van der Waals surface area contributed by atoms with Gasteiger partial charge in [-0.2, -0.15) is 10.5 Å². The molecule has 2 aliphatic heterocycles. The van der Waals surface area contributed by atoms with Gasteiger partial charge in [-0.15, -0.1) is 22.7 Å². The van der Waals surface area contributed by atoms with Crippen LogP contribution >= 0.6 is 22.7 Å². The van der Waals surface area contributed by atoms with Crippen LogP contribution in [0.25, 0.3) is 0 Å². The molecular formula is C32H26N4O4S2. The Morgan fingerprint density at radius 2 is 0.976 bits per heavy atom. The van der Waals surface area contributed by atoms with E-state index in [0.29, 0.717) is 21.1 Å². The van der Waals surface area contributed by atoms with Gasteiger partial charge < -0.3 is 0 Å². The lowest BCUT2D eigenvalue weighted by Gasteiger charge is -2.60. The van der Waals surface area contributed by atoms with Gasteiger partial charge in [0, 0.05) is 9.75 Å². The fraction of sp³-hybridized carbons (Fsp3) is 0.500. The molecule has 4 fully saturated rings. The highest BCUT2D eigenvalue weighted by Crippen LogP contribution is 2.69. The summed E-state index contributed by atoms with van der Waals surface area (Å²) in [5.41, 5.74) is 2.90. The van der Waals surface area contributed by atoms with Gasteiger partial charge in [0.1, 0.15) is 22.1 Å². The maximum absolute atomic E-state index is 14.1. The first-order valence-electron chi connectivity index (χ1n) is 15.0. The number of thiophene rings is 2. The second kappa shape index (κ2) is 8.49. The summed E-state index contributed by atoms with van der Waals surface area (Å²) in [4.78, 5) is 60.9. The monoisotopic (exact) mass is 594 g/mol. The number of amides is 4. The third-order valence-corrected chi connectivity index (χ3v) is 13.8. The molecule has 4 heterocycles.